The quantitative estimate of drug-likeness (QED) is 0.855. The Morgan fingerprint density at radius 1 is 1.50 bits per heavy atom. The molecule has 1 aromatic heterocycles. The molecule has 1 aliphatic heterocycles. The molecule has 88 valence electrons. The van der Waals surface area contributed by atoms with E-state index in [1.54, 1.807) is 0 Å². The Bertz CT molecular complexity index is 504. The van der Waals surface area contributed by atoms with Crippen LogP contribution < -0.4 is 0 Å². The first kappa shape index (κ1) is 12.3. The number of ketones is 1. The van der Waals surface area contributed by atoms with Crippen molar-refractivity contribution < 1.29 is 13.2 Å². The lowest BCUT2D eigenvalue weighted by atomic mass is 10.0. The number of rotatable bonds is 3. The van der Waals surface area contributed by atoms with Crippen molar-refractivity contribution in [1.29, 1.82) is 0 Å². The maximum absolute atomic E-state index is 11.8. The molecule has 0 aromatic carbocycles. The van der Waals surface area contributed by atoms with Crippen LogP contribution in [0.5, 0.6) is 0 Å². The number of hydrogen-bond acceptors (Lipinski definition) is 4. The second kappa shape index (κ2) is 4.58. The number of halogens is 1. The first-order chi connectivity index (χ1) is 7.46. The summed E-state index contributed by atoms with van der Waals surface area (Å²) in [5.41, 5.74) is 0. The molecule has 1 saturated heterocycles. The van der Waals surface area contributed by atoms with Crippen molar-refractivity contribution in [3.8, 4) is 0 Å². The fourth-order valence-corrected chi connectivity index (χ4v) is 5.08. The van der Waals surface area contributed by atoms with Crippen LogP contribution in [-0.2, 0) is 21.1 Å². The van der Waals surface area contributed by atoms with Gasteiger partial charge in [-0.25, -0.2) is 8.42 Å². The molecule has 1 aromatic rings. The Morgan fingerprint density at radius 3 is 2.75 bits per heavy atom. The molecule has 0 amide bonds. The molecule has 2 rings (SSSR count). The monoisotopic (exact) mass is 322 g/mol. The average molecular weight is 323 g/mol. The number of sulfone groups is 1. The minimum Gasteiger partial charge on any atom is -0.299 e. The molecule has 1 atom stereocenters. The predicted octanol–water partition coefficient (Wildman–Crippen LogP) is 2.06. The summed E-state index contributed by atoms with van der Waals surface area (Å²) in [4.78, 5) is 12.8. The van der Waals surface area contributed by atoms with Crippen LogP contribution in [0, 0.1) is 5.92 Å². The van der Waals surface area contributed by atoms with Gasteiger partial charge >= 0.3 is 0 Å². The first-order valence-corrected chi connectivity index (χ1v) is 8.37. The van der Waals surface area contributed by atoms with Crippen LogP contribution in [0.15, 0.2) is 15.9 Å². The third-order valence-corrected chi connectivity index (χ3v) is 6.06. The fraction of sp³-hybridized carbons (Fsp3) is 0.500. The van der Waals surface area contributed by atoms with Crippen molar-refractivity contribution in [3.05, 3.63) is 20.8 Å². The summed E-state index contributed by atoms with van der Waals surface area (Å²) >= 11 is 4.86. The zero-order valence-electron chi connectivity index (χ0n) is 8.48. The molecular weight excluding hydrogens is 312 g/mol. The second-order valence-electron chi connectivity index (χ2n) is 3.95. The lowest BCUT2D eigenvalue weighted by Gasteiger charge is -2.04. The van der Waals surface area contributed by atoms with Gasteiger partial charge in [0.25, 0.3) is 0 Å². The predicted molar refractivity (Wildman–Crippen MR) is 67.5 cm³/mol. The summed E-state index contributed by atoms with van der Waals surface area (Å²) in [7, 11) is -2.95. The number of hydrogen-bond donors (Lipinski definition) is 0. The van der Waals surface area contributed by atoms with Crippen molar-refractivity contribution in [2.75, 3.05) is 11.5 Å². The van der Waals surface area contributed by atoms with E-state index in [1.807, 2.05) is 12.1 Å². The summed E-state index contributed by atoms with van der Waals surface area (Å²) in [5.74, 6) is -0.0306. The number of carbonyl (C=O) groups is 1. The van der Waals surface area contributed by atoms with E-state index >= 15 is 0 Å². The van der Waals surface area contributed by atoms with Crippen molar-refractivity contribution >= 4 is 42.9 Å². The normalized spacial score (nSPS) is 23.4. The van der Waals surface area contributed by atoms with Crippen LogP contribution in [0.4, 0.5) is 0 Å². The van der Waals surface area contributed by atoms with Gasteiger partial charge in [0.2, 0.25) is 0 Å². The first-order valence-electron chi connectivity index (χ1n) is 4.94. The number of Topliss-reactive ketones (excluding diaryl/α,β-unsaturated/α-hetero) is 1. The molecule has 2 heterocycles. The zero-order chi connectivity index (χ0) is 11.8. The fourth-order valence-electron chi connectivity index (χ4n) is 1.81. The van der Waals surface area contributed by atoms with E-state index in [1.165, 1.54) is 11.3 Å². The third kappa shape index (κ3) is 2.93. The summed E-state index contributed by atoms with van der Waals surface area (Å²) < 4.78 is 23.5. The van der Waals surface area contributed by atoms with Gasteiger partial charge < -0.3 is 0 Å². The maximum Gasteiger partial charge on any atom is 0.151 e. The van der Waals surface area contributed by atoms with Crippen LogP contribution >= 0.6 is 27.3 Å². The molecule has 0 saturated carbocycles. The topological polar surface area (TPSA) is 51.2 Å². The highest BCUT2D eigenvalue weighted by Gasteiger charge is 2.32. The Kier molecular flexibility index (Phi) is 3.51. The van der Waals surface area contributed by atoms with Gasteiger partial charge in [-0.3, -0.25) is 4.79 Å². The molecule has 0 bridgehead atoms. The van der Waals surface area contributed by atoms with Gasteiger partial charge in [0, 0.05) is 17.2 Å². The minimum absolute atomic E-state index is 0.0401. The summed E-state index contributed by atoms with van der Waals surface area (Å²) in [6, 6.07) is 3.80. The van der Waals surface area contributed by atoms with Crippen LogP contribution in [0.25, 0.3) is 0 Å². The lowest BCUT2D eigenvalue weighted by Crippen LogP contribution is -2.17. The smallest absolute Gasteiger partial charge is 0.151 e. The maximum atomic E-state index is 11.8. The highest BCUT2D eigenvalue weighted by atomic mass is 79.9. The Labute approximate surface area is 107 Å². The zero-order valence-corrected chi connectivity index (χ0v) is 11.7. The van der Waals surface area contributed by atoms with E-state index in [4.69, 9.17) is 0 Å². The molecule has 0 aliphatic carbocycles. The van der Waals surface area contributed by atoms with Gasteiger partial charge in [-0.05, 0) is 34.5 Å². The molecule has 1 unspecified atom stereocenters. The van der Waals surface area contributed by atoms with Crippen molar-refractivity contribution in [2.45, 2.75) is 12.8 Å². The molecule has 0 spiro atoms. The number of carbonyl (C=O) groups excluding carboxylic acids is 1. The van der Waals surface area contributed by atoms with Gasteiger partial charge in [0.15, 0.2) is 9.84 Å². The highest BCUT2D eigenvalue weighted by Crippen LogP contribution is 2.25. The highest BCUT2D eigenvalue weighted by molar-refractivity contribution is 9.11. The van der Waals surface area contributed by atoms with Gasteiger partial charge in [0.05, 0.1) is 15.3 Å². The van der Waals surface area contributed by atoms with E-state index in [9.17, 15) is 13.2 Å². The van der Waals surface area contributed by atoms with E-state index < -0.39 is 9.84 Å². The van der Waals surface area contributed by atoms with Crippen molar-refractivity contribution in [1.82, 2.24) is 0 Å². The Hall–Kier alpha value is -0.200. The second-order valence-corrected chi connectivity index (χ2v) is 8.73. The summed E-state index contributed by atoms with van der Waals surface area (Å²) in [5, 5.41) is 0. The molecule has 6 heteroatoms. The molecular formula is C10H11BrO3S2. The van der Waals surface area contributed by atoms with E-state index in [0.29, 0.717) is 12.8 Å². The van der Waals surface area contributed by atoms with E-state index in [-0.39, 0.29) is 23.2 Å². The molecule has 3 nitrogen and oxygen atoms in total. The van der Waals surface area contributed by atoms with Gasteiger partial charge in [-0.2, -0.15) is 0 Å². The van der Waals surface area contributed by atoms with Gasteiger partial charge in [-0.1, -0.05) is 0 Å². The molecule has 1 fully saturated rings. The summed E-state index contributed by atoms with van der Waals surface area (Å²) in [6.45, 7) is 0. The molecule has 1 aliphatic rings. The van der Waals surface area contributed by atoms with E-state index in [2.05, 4.69) is 15.9 Å². The SMILES string of the molecule is O=C(Cc1ccc(Br)s1)C1CCS(=O)(=O)C1. The Morgan fingerprint density at radius 2 is 2.25 bits per heavy atom. The third-order valence-electron chi connectivity index (χ3n) is 2.67. The van der Waals surface area contributed by atoms with Crippen molar-refractivity contribution in [2.24, 2.45) is 5.92 Å². The molecule has 16 heavy (non-hydrogen) atoms. The largest absolute Gasteiger partial charge is 0.299 e. The standard InChI is InChI=1S/C10H11BrO3S2/c11-10-2-1-8(15-10)5-9(12)7-3-4-16(13,14)6-7/h1-2,7H,3-6H2. The Balaban J connectivity index is 1.99. The van der Waals surface area contributed by atoms with Crippen LogP contribution in [0.1, 0.15) is 11.3 Å². The average Bonchev–Trinajstić information content (AvgIpc) is 2.72. The van der Waals surface area contributed by atoms with Gasteiger partial charge in [0.1, 0.15) is 5.78 Å². The van der Waals surface area contributed by atoms with Crippen LogP contribution in [0.2, 0.25) is 0 Å². The molecule has 0 radical (unpaired) electrons. The number of thiophene rings is 1. The van der Waals surface area contributed by atoms with Crippen LogP contribution in [-0.4, -0.2) is 25.7 Å². The molecule has 0 N–H and O–H groups in total. The van der Waals surface area contributed by atoms with Crippen LogP contribution in [0.3, 0.4) is 0 Å². The van der Waals surface area contributed by atoms with Gasteiger partial charge in [-0.15, -0.1) is 11.3 Å². The lowest BCUT2D eigenvalue weighted by molar-refractivity contribution is -0.121. The summed E-state index contributed by atoms with van der Waals surface area (Å²) in [6.07, 6.45) is 0.851. The van der Waals surface area contributed by atoms with E-state index in [0.717, 1.165) is 8.66 Å². The minimum atomic E-state index is -2.95. The van der Waals surface area contributed by atoms with Crippen molar-refractivity contribution in [3.63, 3.8) is 0 Å².